The molecule has 5 heteroatoms. The van der Waals surface area contributed by atoms with Gasteiger partial charge in [-0.1, -0.05) is 36.4 Å². The van der Waals surface area contributed by atoms with Crippen LogP contribution >= 0.6 is 0 Å². The number of aliphatic carboxylic acids is 1. The normalized spacial score (nSPS) is 14.8. The molecule has 2 aromatic carbocycles. The van der Waals surface area contributed by atoms with Crippen LogP contribution in [0.2, 0.25) is 0 Å². The molecule has 0 radical (unpaired) electrons. The second kappa shape index (κ2) is 5.60. The van der Waals surface area contributed by atoms with Crippen molar-refractivity contribution in [3.8, 4) is 0 Å². The van der Waals surface area contributed by atoms with E-state index in [1.165, 1.54) is 23.1 Å². The summed E-state index contributed by atoms with van der Waals surface area (Å²) in [4.78, 5) is 25.1. The molecule has 112 valence electrons. The Labute approximate surface area is 126 Å². The highest BCUT2D eigenvalue weighted by atomic mass is 19.1. The van der Waals surface area contributed by atoms with Crippen LogP contribution in [0.15, 0.2) is 48.5 Å². The molecule has 0 aliphatic carbocycles. The molecule has 1 aliphatic heterocycles. The van der Waals surface area contributed by atoms with Gasteiger partial charge in [0.1, 0.15) is 5.82 Å². The predicted molar refractivity (Wildman–Crippen MR) is 77.7 cm³/mol. The molecule has 1 amide bonds. The molecule has 0 spiro atoms. The van der Waals surface area contributed by atoms with Crippen molar-refractivity contribution in [2.24, 2.45) is 0 Å². The maximum absolute atomic E-state index is 14.1. The molecule has 4 nitrogen and oxygen atoms in total. The van der Waals surface area contributed by atoms with Gasteiger partial charge in [0, 0.05) is 17.7 Å². The minimum atomic E-state index is -1.07. The number of carbonyl (C=O) groups is 2. The van der Waals surface area contributed by atoms with Gasteiger partial charge in [0.15, 0.2) is 0 Å². The monoisotopic (exact) mass is 299 g/mol. The molecule has 0 bridgehead atoms. The Hall–Kier alpha value is -2.69. The van der Waals surface area contributed by atoms with Gasteiger partial charge in [-0.3, -0.25) is 9.59 Å². The van der Waals surface area contributed by atoms with E-state index >= 15 is 0 Å². The smallest absolute Gasteiger partial charge is 0.305 e. The fourth-order valence-corrected chi connectivity index (χ4v) is 2.83. The average Bonchev–Trinajstić information content (AvgIpc) is 2.83. The Balaban J connectivity index is 2.00. The fraction of sp³-hybridized carbons (Fsp3) is 0.176. The van der Waals surface area contributed by atoms with Crippen LogP contribution in [-0.2, 0) is 11.3 Å². The van der Waals surface area contributed by atoms with Gasteiger partial charge >= 0.3 is 5.97 Å². The Morgan fingerprint density at radius 2 is 1.86 bits per heavy atom. The quantitative estimate of drug-likeness (QED) is 0.944. The van der Waals surface area contributed by atoms with E-state index < -0.39 is 17.8 Å². The third kappa shape index (κ3) is 2.45. The molecule has 0 unspecified atom stereocenters. The van der Waals surface area contributed by atoms with E-state index in [0.29, 0.717) is 12.1 Å². The van der Waals surface area contributed by atoms with E-state index in [9.17, 15) is 14.0 Å². The second-order valence-corrected chi connectivity index (χ2v) is 5.23. The molecular weight excluding hydrogens is 285 g/mol. The van der Waals surface area contributed by atoms with Crippen LogP contribution in [0.1, 0.15) is 33.9 Å². The molecule has 0 fully saturated rings. The first-order chi connectivity index (χ1) is 10.6. The SMILES string of the molecule is O=C(O)C[C@@H](c1ccccc1F)N1Cc2ccccc2C1=O. The molecule has 1 atom stereocenters. The highest BCUT2D eigenvalue weighted by Crippen LogP contribution is 2.34. The Morgan fingerprint density at radius 1 is 1.18 bits per heavy atom. The van der Waals surface area contributed by atoms with Gasteiger partial charge in [-0.05, 0) is 17.7 Å². The molecular formula is C17H14FNO3. The Bertz CT molecular complexity index is 744. The van der Waals surface area contributed by atoms with Crippen LogP contribution in [0.5, 0.6) is 0 Å². The minimum Gasteiger partial charge on any atom is -0.481 e. The van der Waals surface area contributed by atoms with E-state index in [0.717, 1.165) is 5.56 Å². The van der Waals surface area contributed by atoms with Crippen molar-refractivity contribution in [1.29, 1.82) is 0 Å². The van der Waals surface area contributed by atoms with E-state index in [2.05, 4.69) is 0 Å². The van der Waals surface area contributed by atoms with E-state index in [-0.39, 0.29) is 17.9 Å². The summed E-state index contributed by atoms with van der Waals surface area (Å²) in [7, 11) is 0. The zero-order valence-electron chi connectivity index (χ0n) is 11.7. The number of halogens is 1. The Morgan fingerprint density at radius 3 is 2.55 bits per heavy atom. The molecule has 0 saturated heterocycles. The summed E-state index contributed by atoms with van der Waals surface area (Å²) in [6, 6.07) is 12.3. The van der Waals surface area contributed by atoms with Crippen LogP contribution in [0.4, 0.5) is 4.39 Å². The standard InChI is InChI=1S/C17H14FNO3/c18-14-8-4-3-7-13(14)15(9-16(20)21)19-10-11-5-1-2-6-12(11)17(19)22/h1-8,15H,9-10H2,(H,20,21)/t15-/m0/s1. The second-order valence-electron chi connectivity index (χ2n) is 5.23. The third-order valence-electron chi connectivity index (χ3n) is 3.86. The van der Waals surface area contributed by atoms with Gasteiger partial charge in [0.2, 0.25) is 0 Å². The lowest BCUT2D eigenvalue weighted by Gasteiger charge is -2.27. The van der Waals surface area contributed by atoms with E-state index in [4.69, 9.17) is 5.11 Å². The lowest BCUT2D eigenvalue weighted by molar-refractivity contribution is -0.138. The zero-order valence-corrected chi connectivity index (χ0v) is 11.7. The van der Waals surface area contributed by atoms with Crippen LogP contribution < -0.4 is 0 Å². The highest BCUT2D eigenvalue weighted by Gasteiger charge is 2.35. The summed E-state index contributed by atoms with van der Waals surface area (Å²) < 4.78 is 14.1. The summed E-state index contributed by atoms with van der Waals surface area (Å²) in [5, 5.41) is 9.14. The van der Waals surface area contributed by atoms with Gasteiger partial charge in [-0.25, -0.2) is 4.39 Å². The number of benzene rings is 2. The molecule has 22 heavy (non-hydrogen) atoms. The van der Waals surface area contributed by atoms with Crippen molar-refractivity contribution < 1.29 is 19.1 Å². The number of fused-ring (bicyclic) bond motifs is 1. The van der Waals surface area contributed by atoms with Crippen molar-refractivity contribution in [2.45, 2.75) is 19.0 Å². The molecule has 3 rings (SSSR count). The number of hydrogen-bond acceptors (Lipinski definition) is 2. The topological polar surface area (TPSA) is 57.6 Å². The first-order valence-electron chi connectivity index (χ1n) is 6.93. The maximum atomic E-state index is 14.1. The number of nitrogens with zero attached hydrogens (tertiary/aromatic N) is 1. The highest BCUT2D eigenvalue weighted by molar-refractivity contribution is 5.98. The predicted octanol–water partition coefficient (Wildman–Crippen LogP) is 3.00. The fourth-order valence-electron chi connectivity index (χ4n) is 2.83. The van der Waals surface area contributed by atoms with Crippen LogP contribution in [0.25, 0.3) is 0 Å². The molecule has 1 aliphatic rings. The lowest BCUT2D eigenvalue weighted by Crippen LogP contribution is -2.31. The minimum absolute atomic E-state index is 0.228. The maximum Gasteiger partial charge on any atom is 0.305 e. The summed E-state index contributed by atoms with van der Waals surface area (Å²) >= 11 is 0. The molecule has 2 aromatic rings. The number of carboxylic acid groups (broad SMARTS) is 1. The van der Waals surface area contributed by atoms with Crippen molar-refractivity contribution in [1.82, 2.24) is 4.90 Å². The third-order valence-corrected chi connectivity index (χ3v) is 3.86. The number of carbonyl (C=O) groups excluding carboxylic acids is 1. The molecule has 0 saturated carbocycles. The molecule has 1 heterocycles. The largest absolute Gasteiger partial charge is 0.481 e. The molecule has 1 N–H and O–H groups in total. The average molecular weight is 299 g/mol. The Kier molecular flexibility index (Phi) is 3.63. The first-order valence-corrected chi connectivity index (χ1v) is 6.93. The van der Waals surface area contributed by atoms with Crippen LogP contribution in [0.3, 0.4) is 0 Å². The van der Waals surface area contributed by atoms with Crippen molar-refractivity contribution in [3.63, 3.8) is 0 Å². The van der Waals surface area contributed by atoms with Crippen molar-refractivity contribution in [2.75, 3.05) is 0 Å². The summed E-state index contributed by atoms with van der Waals surface area (Å²) in [6.45, 7) is 0.293. The number of amides is 1. The van der Waals surface area contributed by atoms with Gasteiger partial charge in [0.05, 0.1) is 12.5 Å². The zero-order chi connectivity index (χ0) is 15.7. The van der Waals surface area contributed by atoms with E-state index in [1.807, 2.05) is 12.1 Å². The van der Waals surface area contributed by atoms with Crippen molar-refractivity contribution in [3.05, 3.63) is 71.0 Å². The summed E-state index contributed by atoms with van der Waals surface area (Å²) in [6.07, 6.45) is -0.333. The summed E-state index contributed by atoms with van der Waals surface area (Å²) in [5.74, 6) is -1.83. The number of hydrogen-bond donors (Lipinski definition) is 1. The molecule has 0 aromatic heterocycles. The van der Waals surface area contributed by atoms with Gasteiger partial charge < -0.3 is 10.0 Å². The van der Waals surface area contributed by atoms with Gasteiger partial charge in [-0.2, -0.15) is 0 Å². The first kappa shape index (κ1) is 14.3. The lowest BCUT2D eigenvalue weighted by atomic mass is 10.0. The number of rotatable bonds is 4. The van der Waals surface area contributed by atoms with Crippen LogP contribution in [-0.4, -0.2) is 21.9 Å². The van der Waals surface area contributed by atoms with E-state index in [1.54, 1.807) is 18.2 Å². The number of carboxylic acids is 1. The summed E-state index contributed by atoms with van der Waals surface area (Å²) in [5.41, 5.74) is 1.61. The van der Waals surface area contributed by atoms with Gasteiger partial charge in [0.25, 0.3) is 5.91 Å². The van der Waals surface area contributed by atoms with Gasteiger partial charge in [-0.15, -0.1) is 0 Å². The van der Waals surface area contributed by atoms with Crippen molar-refractivity contribution >= 4 is 11.9 Å². The van der Waals surface area contributed by atoms with Crippen LogP contribution in [0, 0.1) is 5.82 Å².